The van der Waals surface area contributed by atoms with Crippen LogP contribution in [0.15, 0.2) is 24.3 Å². The maximum atomic E-state index is 11.7. The van der Waals surface area contributed by atoms with Crippen LogP contribution in [0.4, 0.5) is 0 Å². The summed E-state index contributed by atoms with van der Waals surface area (Å²) in [6.07, 6.45) is 2.73. The first-order valence-electron chi connectivity index (χ1n) is 7.13. The fraction of sp³-hybridized carbons (Fsp3) is 0.562. The van der Waals surface area contributed by atoms with E-state index in [1.807, 2.05) is 6.92 Å². The summed E-state index contributed by atoms with van der Waals surface area (Å²) in [6, 6.07) is 8.29. The van der Waals surface area contributed by atoms with Crippen LogP contribution in [0, 0.1) is 6.92 Å². The third-order valence-corrected chi connectivity index (χ3v) is 3.04. The summed E-state index contributed by atoms with van der Waals surface area (Å²) in [7, 11) is 0. The number of hydrogen-bond donors (Lipinski definition) is 1. The Balaban J connectivity index is 2.41. The van der Waals surface area contributed by atoms with Crippen LogP contribution in [0.5, 0.6) is 0 Å². The Morgan fingerprint density at radius 1 is 1.37 bits per heavy atom. The molecule has 19 heavy (non-hydrogen) atoms. The first-order chi connectivity index (χ1) is 9.17. The van der Waals surface area contributed by atoms with Crippen LogP contribution in [0.3, 0.4) is 0 Å². The van der Waals surface area contributed by atoms with Crippen LogP contribution in [-0.4, -0.2) is 25.2 Å². The lowest BCUT2D eigenvalue weighted by molar-refractivity contribution is -0.145. The minimum Gasteiger partial charge on any atom is -0.465 e. The smallest absolute Gasteiger partial charge is 0.323 e. The van der Waals surface area contributed by atoms with Gasteiger partial charge in [0, 0.05) is 0 Å². The monoisotopic (exact) mass is 263 g/mol. The van der Waals surface area contributed by atoms with Crippen molar-refractivity contribution in [1.29, 1.82) is 0 Å². The molecule has 1 atom stereocenters. The SMILES string of the molecule is CCCC(NCCc1cccc(C)c1)C(=O)OCC. The third kappa shape index (κ3) is 5.88. The molecule has 0 bridgehead atoms. The van der Waals surface area contributed by atoms with Crippen LogP contribution in [0.2, 0.25) is 0 Å². The molecule has 0 spiro atoms. The van der Waals surface area contributed by atoms with Gasteiger partial charge in [-0.15, -0.1) is 0 Å². The Morgan fingerprint density at radius 2 is 2.16 bits per heavy atom. The number of rotatable bonds is 8. The van der Waals surface area contributed by atoms with E-state index in [-0.39, 0.29) is 12.0 Å². The predicted molar refractivity (Wildman–Crippen MR) is 78.2 cm³/mol. The van der Waals surface area contributed by atoms with Crippen molar-refractivity contribution in [3.63, 3.8) is 0 Å². The van der Waals surface area contributed by atoms with Gasteiger partial charge in [0.15, 0.2) is 0 Å². The maximum absolute atomic E-state index is 11.7. The van der Waals surface area contributed by atoms with Crippen molar-refractivity contribution in [3.05, 3.63) is 35.4 Å². The Hall–Kier alpha value is -1.35. The first kappa shape index (κ1) is 15.7. The number of ether oxygens (including phenoxy) is 1. The van der Waals surface area contributed by atoms with Crippen LogP contribution < -0.4 is 5.32 Å². The minimum atomic E-state index is -0.172. The molecular weight excluding hydrogens is 238 g/mol. The lowest BCUT2D eigenvalue weighted by Gasteiger charge is -2.16. The lowest BCUT2D eigenvalue weighted by Crippen LogP contribution is -2.39. The molecule has 0 saturated heterocycles. The van der Waals surface area contributed by atoms with Gasteiger partial charge >= 0.3 is 5.97 Å². The number of hydrogen-bond acceptors (Lipinski definition) is 3. The third-order valence-electron chi connectivity index (χ3n) is 3.04. The lowest BCUT2D eigenvalue weighted by atomic mass is 10.1. The second-order valence-corrected chi connectivity index (χ2v) is 4.79. The van der Waals surface area contributed by atoms with Gasteiger partial charge in [-0.05, 0) is 38.8 Å². The zero-order valence-corrected chi connectivity index (χ0v) is 12.2. The van der Waals surface area contributed by atoms with Crippen LogP contribution in [0.25, 0.3) is 0 Å². The zero-order valence-electron chi connectivity index (χ0n) is 12.2. The van der Waals surface area contributed by atoms with Gasteiger partial charge < -0.3 is 10.1 Å². The molecule has 0 aromatic heterocycles. The number of esters is 1. The summed E-state index contributed by atoms with van der Waals surface area (Å²) < 4.78 is 5.08. The molecule has 1 N–H and O–H groups in total. The highest BCUT2D eigenvalue weighted by molar-refractivity contribution is 5.75. The summed E-state index contributed by atoms with van der Waals surface area (Å²) in [4.78, 5) is 11.7. The first-order valence-corrected chi connectivity index (χ1v) is 7.13. The van der Waals surface area contributed by atoms with E-state index >= 15 is 0 Å². The summed E-state index contributed by atoms with van der Waals surface area (Å²) in [5, 5.41) is 3.30. The van der Waals surface area contributed by atoms with Crippen LogP contribution in [0.1, 0.15) is 37.8 Å². The molecular formula is C16H25NO2. The molecule has 0 saturated carbocycles. The van der Waals surface area contributed by atoms with E-state index in [2.05, 4.69) is 43.4 Å². The van der Waals surface area contributed by atoms with Crippen molar-refractivity contribution in [1.82, 2.24) is 5.32 Å². The van der Waals surface area contributed by atoms with Gasteiger partial charge in [-0.25, -0.2) is 0 Å². The number of aryl methyl sites for hydroxylation is 1. The molecule has 0 aliphatic heterocycles. The Kier molecular flexibility index (Phi) is 7.19. The zero-order chi connectivity index (χ0) is 14.1. The van der Waals surface area contributed by atoms with Crippen molar-refractivity contribution < 1.29 is 9.53 Å². The summed E-state index contributed by atoms with van der Waals surface area (Å²) >= 11 is 0. The summed E-state index contributed by atoms with van der Waals surface area (Å²) in [6.45, 7) is 7.25. The average Bonchev–Trinajstić information content (AvgIpc) is 2.38. The van der Waals surface area contributed by atoms with E-state index in [0.29, 0.717) is 6.61 Å². The standard InChI is InChI=1S/C16H25NO2/c1-4-7-15(16(18)19-5-2)17-11-10-14-9-6-8-13(3)12-14/h6,8-9,12,15,17H,4-5,7,10-11H2,1-3H3. The molecule has 1 rings (SSSR count). The van der Waals surface area contributed by atoms with E-state index in [1.54, 1.807) is 0 Å². The molecule has 0 aliphatic rings. The van der Waals surface area contributed by atoms with Gasteiger partial charge in [0.05, 0.1) is 6.61 Å². The Bertz CT molecular complexity index is 390. The van der Waals surface area contributed by atoms with Gasteiger partial charge in [-0.1, -0.05) is 43.2 Å². The van der Waals surface area contributed by atoms with E-state index in [4.69, 9.17) is 4.74 Å². The van der Waals surface area contributed by atoms with Gasteiger partial charge in [-0.2, -0.15) is 0 Å². The Morgan fingerprint density at radius 3 is 2.79 bits per heavy atom. The highest BCUT2D eigenvalue weighted by Crippen LogP contribution is 2.05. The van der Waals surface area contributed by atoms with Crippen molar-refractivity contribution in [2.75, 3.05) is 13.2 Å². The van der Waals surface area contributed by atoms with Crippen molar-refractivity contribution in [2.24, 2.45) is 0 Å². The second-order valence-electron chi connectivity index (χ2n) is 4.79. The van der Waals surface area contributed by atoms with E-state index in [1.165, 1.54) is 11.1 Å². The van der Waals surface area contributed by atoms with Crippen molar-refractivity contribution in [3.8, 4) is 0 Å². The van der Waals surface area contributed by atoms with Crippen molar-refractivity contribution >= 4 is 5.97 Å². The highest BCUT2D eigenvalue weighted by Gasteiger charge is 2.17. The second kappa shape index (κ2) is 8.70. The summed E-state index contributed by atoms with van der Waals surface area (Å²) in [5.41, 5.74) is 2.57. The maximum Gasteiger partial charge on any atom is 0.323 e. The Labute approximate surface area is 116 Å². The average molecular weight is 263 g/mol. The van der Waals surface area contributed by atoms with Crippen LogP contribution >= 0.6 is 0 Å². The van der Waals surface area contributed by atoms with Gasteiger partial charge in [0.1, 0.15) is 6.04 Å². The molecule has 3 heteroatoms. The quantitative estimate of drug-likeness (QED) is 0.733. The molecule has 1 aromatic carbocycles. The van der Waals surface area contributed by atoms with Crippen molar-refractivity contribution in [2.45, 2.75) is 46.1 Å². The molecule has 3 nitrogen and oxygen atoms in total. The normalized spacial score (nSPS) is 12.2. The summed E-state index contributed by atoms with van der Waals surface area (Å²) in [5.74, 6) is -0.131. The van der Waals surface area contributed by atoms with Gasteiger partial charge in [-0.3, -0.25) is 4.79 Å². The molecule has 0 fully saturated rings. The predicted octanol–water partition coefficient (Wildman–Crippen LogP) is 2.86. The molecule has 0 aliphatic carbocycles. The molecule has 106 valence electrons. The topological polar surface area (TPSA) is 38.3 Å². The molecule has 1 aromatic rings. The number of carbonyl (C=O) groups excluding carboxylic acids is 1. The van der Waals surface area contributed by atoms with Crippen LogP contribution in [-0.2, 0) is 16.0 Å². The van der Waals surface area contributed by atoms with E-state index in [9.17, 15) is 4.79 Å². The minimum absolute atomic E-state index is 0.131. The number of benzene rings is 1. The fourth-order valence-electron chi connectivity index (χ4n) is 2.09. The van der Waals surface area contributed by atoms with Gasteiger partial charge in [0.25, 0.3) is 0 Å². The highest BCUT2D eigenvalue weighted by atomic mass is 16.5. The number of carbonyl (C=O) groups is 1. The fourth-order valence-corrected chi connectivity index (χ4v) is 2.09. The molecule has 1 unspecified atom stereocenters. The largest absolute Gasteiger partial charge is 0.465 e. The van der Waals surface area contributed by atoms with Gasteiger partial charge in [0.2, 0.25) is 0 Å². The molecule has 0 radical (unpaired) electrons. The number of nitrogens with one attached hydrogen (secondary N) is 1. The van der Waals surface area contributed by atoms with E-state index < -0.39 is 0 Å². The molecule has 0 amide bonds. The molecule has 0 heterocycles. The van der Waals surface area contributed by atoms with E-state index in [0.717, 1.165) is 25.8 Å².